The molecule has 0 bridgehead atoms. The van der Waals surface area contributed by atoms with Gasteiger partial charge in [0.1, 0.15) is 5.75 Å². The second-order valence-corrected chi connectivity index (χ2v) is 5.29. The summed E-state index contributed by atoms with van der Waals surface area (Å²) >= 11 is 3.63. The maximum Gasteiger partial charge on any atom is 0.121 e. The zero-order valence-electron chi connectivity index (χ0n) is 12.1. The van der Waals surface area contributed by atoms with Gasteiger partial charge in [-0.1, -0.05) is 13.0 Å². The maximum atomic E-state index is 5.50. The molecule has 0 atom stereocenters. The molecule has 0 radical (unpaired) electrons. The lowest BCUT2D eigenvalue weighted by Gasteiger charge is -2.09. The number of aryl methyl sites for hydroxylation is 2. The Bertz CT molecular complexity index is 580. The van der Waals surface area contributed by atoms with Crippen molar-refractivity contribution in [3.63, 3.8) is 0 Å². The van der Waals surface area contributed by atoms with Crippen LogP contribution in [0.4, 0.5) is 5.69 Å². The normalized spacial score (nSPS) is 10.6. The van der Waals surface area contributed by atoms with E-state index in [-0.39, 0.29) is 0 Å². The summed E-state index contributed by atoms with van der Waals surface area (Å²) in [6.45, 7) is 5.49. The van der Waals surface area contributed by atoms with Crippen molar-refractivity contribution in [2.45, 2.75) is 26.8 Å². The lowest BCUT2D eigenvalue weighted by atomic mass is 10.2. The summed E-state index contributed by atoms with van der Waals surface area (Å²) in [6, 6.07) is 8.00. The second-order valence-electron chi connectivity index (χ2n) is 4.50. The number of rotatable bonds is 6. The van der Waals surface area contributed by atoms with Crippen LogP contribution >= 0.6 is 15.9 Å². The van der Waals surface area contributed by atoms with Crippen LogP contribution in [0.25, 0.3) is 0 Å². The molecule has 1 aromatic carbocycles. The molecule has 2 aromatic rings. The molecule has 0 aliphatic heterocycles. The third kappa shape index (κ3) is 3.33. The number of nitrogens with one attached hydrogen (secondary N) is 1. The number of ether oxygens (including phenoxy) is 1. The molecule has 1 aromatic heterocycles. The fraction of sp³-hybridized carbons (Fsp3) is 0.400. The van der Waals surface area contributed by atoms with Crippen LogP contribution in [0.1, 0.15) is 25.2 Å². The molecule has 0 aliphatic carbocycles. The first-order valence-corrected chi connectivity index (χ1v) is 7.62. The number of aromatic nitrogens is 2. The minimum atomic E-state index is 0.677. The zero-order chi connectivity index (χ0) is 14.5. The summed E-state index contributed by atoms with van der Waals surface area (Å²) in [5.74, 6) is 0.885. The number of hydrogen-bond donors (Lipinski definition) is 1. The monoisotopic (exact) mass is 337 g/mol. The second kappa shape index (κ2) is 6.79. The molecule has 108 valence electrons. The Morgan fingerprint density at radius 3 is 2.80 bits per heavy atom. The predicted octanol–water partition coefficient (Wildman–Crippen LogP) is 3.76. The lowest BCUT2D eigenvalue weighted by molar-refractivity contribution is 0.340. The van der Waals surface area contributed by atoms with E-state index >= 15 is 0 Å². The number of benzene rings is 1. The molecule has 0 saturated carbocycles. The highest BCUT2D eigenvalue weighted by Crippen LogP contribution is 2.23. The maximum absolute atomic E-state index is 5.50. The third-order valence-corrected chi connectivity index (χ3v) is 4.02. The number of nitrogens with zero attached hydrogens (tertiary/aromatic N) is 2. The van der Waals surface area contributed by atoms with Crippen molar-refractivity contribution in [1.82, 2.24) is 9.78 Å². The van der Waals surface area contributed by atoms with Crippen molar-refractivity contribution >= 4 is 21.6 Å². The Morgan fingerprint density at radius 1 is 1.35 bits per heavy atom. The van der Waals surface area contributed by atoms with Gasteiger partial charge in [0, 0.05) is 18.8 Å². The van der Waals surface area contributed by atoms with Crippen molar-refractivity contribution in [2.75, 3.05) is 11.9 Å². The van der Waals surface area contributed by atoms with E-state index < -0.39 is 0 Å². The van der Waals surface area contributed by atoms with Gasteiger partial charge in [0.2, 0.25) is 0 Å². The number of anilines is 1. The molecule has 1 heterocycles. The minimum absolute atomic E-state index is 0.677. The summed E-state index contributed by atoms with van der Waals surface area (Å²) in [5.41, 5.74) is 3.28. The Labute approximate surface area is 128 Å². The Hall–Kier alpha value is -1.49. The van der Waals surface area contributed by atoms with E-state index in [9.17, 15) is 0 Å². The van der Waals surface area contributed by atoms with Crippen LogP contribution in [0.3, 0.4) is 0 Å². The van der Waals surface area contributed by atoms with Crippen LogP contribution in [0, 0.1) is 0 Å². The van der Waals surface area contributed by atoms with Crippen LogP contribution in [0.15, 0.2) is 28.7 Å². The predicted molar refractivity (Wildman–Crippen MR) is 85.2 cm³/mol. The minimum Gasteiger partial charge on any atom is -0.494 e. The van der Waals surface area contributed by atoms with E-state index in [1.54, 1.807) is 0 Å². The molecule has 0 aliphatic rings. The molecule has 5 heteroatoms. The van der Waals surface area contributed by atoms with Gasteiger partial charge in [0.05, 0.1) is 29.0 Å². The Morgan fingerprint density at radius 2 is 2.15 bits per heavy atom. The van der Waals surface area contributed by atoms with Gasteiger partial charge >= 0.3 is 0 Å². The highest BCUT2D eigenvalue weighted by atomic mass is 79.9. The quantitative estimate of drug-likeness (QED) is 0.872. The standard InChI is InChI=1S/C15H20BrN3O/c1-4-13-15(16)14(19(3)18-13)10-17-11-7-6-8-12(9-11)20-5-2/h6-9,17H,4-5,10H2,1-3H3. The smallest absolute Gasteiger partial charge is 0.121 e. The Kier molecular flexibility index (Phi) is 5.06. The highest BCUT2D eigenvalue weighted by Gasteiger charge is 2.11. The van der Waals surface area contributed by atoms with E-state index in [4.69, 9.17) is 4.74 Å². The van der Waals surface area contributed by atoms with Gasteiger partial charge in [0.25, 0.3) is 0 Å². The molecule has 0 spiro atoms. The first-order chi connectivity index (χ1) is 9.65. The van der Waals surface area contributed by atoms with Crippen LogP contribution in [0.2, 0.25) is 0 Å². The van der Waals surface area contributed by atoms with Gasteiger partial charge in [-0.2, -0.15) is 5.10 Å². The Balaban J connectivity index is 2.09. The summed E-state index contributed by atoms with van der Waals surface area (Å²) < 4.78 is 8.51. The molecule has 2 rings (SSSR count). The fourth-order valence-corrected chi connectivity index (χ4v) is 2.82. The zero-order valence-corrected chi connectivity index (χ0v) is 13.7. The average Bonchev–Trinajstić information content (AvgIpc) is 2.72. The molecule has 1 N–H and O–H groups in total. The van der Waals surface area contributed by atoms with Crippen molar-refractivity contribution in [1.29, 1.82) is 0 Å². The summed E-state index contributed by atoms with van der Waals surface area (Å²) in [7, 11) is 1.97. The largest absolute Gasteiger partial charge is 0.494 e. The third-order valence-electron chi connectivity index (χ3n) is 3.11. The van der Waals surface area contributed by atoms with E-state index in [1.807, 2.05) is 42.9 Å². The van der Waals surface area contributed by atoms with Crippen molar-refractivity contribution in [3.05, 3.63) is 40.1 Å². The molecule has 0 fully saturated rings. The number of hydrogen-bond acceptors (Lipinski definition) is 3. The van der Waals surface area contributed by atoms with Gasteiger partial charge in [-0.25, -0.2) is 0 Å². The summed E-state index contributed by atoms with van der Waals surface area (Å²) in [6.07, 6.45) is 0.925. The lowest BCUT2D eigenvalue weighted by Crippen LogP contribution is -2.06. The fourth-order valence-electron chi connectivity index (χ4n) is 2.06. The molecule has 0 amide bonds. The highest BCUT2D eigenvalue weighted by molar-refractivity contribution is 9.10. The van der Waals surface area contributed by atoms with E-state index in [0.29, 0.717) is 6.61 Å². The number of halogens is 1. The molecule has 20 heavy (non-hydrogen) atoms. The van der Waals surface area contributed by atoms with Gasteiger partial charge in [-0.15, -0.1) is 0 Å². The van der Waals surface area contributed by atoms with Crippen LogP contribution in [-0.2, 0) is 20.0 Å². The summed E-state index contributed by atoms with van der Waals surface area (Å²) in [5, 5.41) is 7.90. The first kappa shape index (κ1) is 14.9. The van der Waals surface area contributed by atoms with Crippen LogP contribution in [0.5, 0.6) is 5.75 Å². The SMILES string of the molecule is CCOc1cccc(NCc2c(Br)c(CC)nn2C)c1. The van der Waals surface area contributed by atoms with Crippen molar-refractivity contribution in [2.24, 2.45) is 7.05 Å². The molecule has 4 nitrogen and oxygen atoms in total. The van der Waals surface area contributed by atoms with Gasteiger partial charge in [-0.3, -0.25) is 4.68 Å². The molecular weight excluding hydrogens is 318 g/mol. The van der Waals surface area contributed by atoms with Gasteiger partial charge in [0.15, 0.2) is 0 Å². The molecule has 0 saturated heterocycles. The molecular formula is C15H20BrN3O. The summed E-state index contributed by atoms with van der Waals surface area (Å²) in [4.78, 5) is 0. The van der Waals surface area contributed by atoms with E-state index in [2.05, 4.69) is 33.3 Å². The first-order valence-electron chi connectivity index (χ1n) is 6.82. The topological polar surface area (TPSA) is 39.1 Å². The van der Waals surface area contributed by atoms with Crippen LogP contribution < -0.4 is 10.1 Å². The molecule has 0 unspecified atom stereocenters. The van der Waals surface area contributed by atoms with E-state index in [1.165, 1.54) is 0 Å². The van der Waals surface area contributed by atoms with Crippen LogP contribution in [-0.4, -0.2) is 16.4 Å². The average molecular weight is 338 g/mol. The van der Waals surface area contributed by atoms with Gasteiger partial charge < -0.3 is 10.1 Å². The van der Waals surface area contributed by atoms with Crippen molar-refractivity contribution in [3.8, 4) is 5.75 Å². The van der Waals surface area contributed by atoms with Gasteiger partial charge in [-0.05, 0) is 41.4 Å². The van der Waals surface area contributed by atoms with Crippen molar-refractivity contribution < 1.29 is 4.74 Å². The van der Waals surface area contributed by atoms with E-state index in [0.717, 1.165) is 40.3 Å².